The van der Waals surface area contributed by atoms with Crippen molar-refractivity contribution in [3.63, 3.8) is 0 Å². The topological polar surface area (TPSA) is 51.9 Å². The fourth-order valence-electron chi connectivity index (χ4n) is 1.94. The number of ether oxygens (including phenoxy) is 2. The number of rotatable bonds is 5. The lowest BCUT2D eigenvalue weighted by atomic mass is 10.2. The third kappa shape index (κ3) is 3.49. The first-order valence-electron chi connectivity index (χ1n) is 6.27. The van der Waals surface area contributed by atoms with E-state index in [1.807, 2.05) is 12.1 Å². The van der Waals surface area contributed by atoms with Gasteiger partial charge in [0.15, 0.2) is 22.5 Å². The smallest absolute Gasteiger partial charge is 0.289 e. The largest absolute Gasteiger partial charge is 0.493 e. The fraction of sp³-hybridized carbons (Fsp3) is 0.267. The van der Waals surface area contributed by atoms with Crippen LogP contribution in [0.2, 0.25) is 5.22 Å². The fourth-order valence-corrected chi connectivity index (χ4v) is 2.09. The van der Waals surface area contributed by atoms with Crippen LogP contribution in [-0.4, -0.2) is 32.1 Å². The molecule has 0 bridgehead atoms. The van der Waals surface area contributed by atoms with Gasteiger partial charge in [-0.1, -0.05) is 6.07 Å². The van der Waals surface area contributed by atoms with Gasteiger partial charge in [0.25, 0.3) is 5.91 Å². The highest BCUT2D eigenvalue weighted by molar-refractivity contribution is 6.29. The minimum absolute atomic E-state index is 0.192. The molecule has 0 saturated heterocycles. The van der Waals surface area contributed by atoms with E-state index >= 15 is 0 Å². The highest BCUT2D eigenvalue weighted by atomic mass is 35.5. The highest BCUT2D eigenvalue weighted by Crippen LogP contribution is 2.28. The van der Waals surface area contributed by atoms with Crippen LogP contribution in [0.5, 0.6) is 11.5 Å². The van der Waals surface area contributed by atoms with Gasteiger partial charge in [0.1, 0.15) is 0 Å². The molecule has 0 radical (unpaired) electrons. The van der Waals surface area contributed by atoms with Crippen LogP contribution in [0.4, 0.5) is 0 Å². The molecule has 0 fully saturated rings. The summed E-state index contributed by atoms with van der Waals surface area (Å²) in [6.45, 7) is 0.414. The third-order valence-corrected chi connectivity index (χ3v) is 3.20. The van der Waals surface area contributed by atoms with E-state index in [2.05, 4.69) is 0 Å². The molecule has 0 N–H and O–H groups in total. The molecule has 6 heteroatoms. The number of carbonyl (C=O) groups is 1. The van der Waals surface area contributed by atoms with Gasteiger partial charge in [0.05, 0.1) is 14.2 Å². The summed E-state index contributed by atoms with van der Waals surface area (Å²) in [6, 6.07) is 8.60. The Labute approximate surface area is 128 Å². The first kappa shape index (κ1) is 15.3. The van der Waals surface area contributed by atoms with Crippen LogP contribution in [0, 0.1) is 0 Å². The van der Waals surface area contributed by atoms with Crippen LogP contribution < -0.4 is 9.47 Å². The van der Waals surface area contributed by atoms with Crippen molar-refractivity contribution < 1.29 is 18.7 Å². The summed E-state index contributed by atoms with van der Waals surface area (Å²) in [5, 5.41) is 0.192. The minimum atomic E-state index is -0.239. The summed E-state index contributed by atoms with van der Waals surface area (Å²) in [7, 11) is 4.84. The SMILES string of the molecule is COc1ccc(CN(C)C(=O)c2ccc(Cl)o2)cc1OC. The quantitative estimate of drug-likeness (QED) is 0.851. The molecule has 1 aromatic heterocycles. The predicted octanol–water partition coefficient (Wildman–Crippen LogP) is 3.22. The van der Waals surface area contributed by atoms with Crippen molar-refractivity contribution in [2.24, 2.45) is 0 Å². The summed E-state index contributed by atoms with van der Waals surface area (Å²) in [4.78, 5) is 13.7. The Balaban J connectivity index is 2.12. The Morgan fingerprint density at radius 2 is 1.90 bits per heavy atom. The van der Waals surface area contributed by atoms with Gasteiger partial charge in [-0.15, -0.1) is 0 Å². The van der Waals surface area contributed by atoms with Crippen molar-refractivity contribution in [3.8, 4) is 11.5 Å². The highest BCUT2D eigenvalue weighted by Gasteiger charge is 2.16. The second-order valence-electron chi connectivity index (χ2n) is 4.45. The molecule has 112 valence electrons. The van der Waals surface area contributed by atoms with E-state index in [1.54, 1.807) is 39.5 Å². The van der Waals surface area contributed by atoms with E-state index in [9.17, 15) is 4.79 Å². The van der Waals surface area contributed by atoms with Crippen LogP contribution in [0.15, 0.2) is 34.7 Å². The van der Waals surface area contributed by atoms with E-state index in [0.29, 0.717) is 18.0 Å². The Bertz CT molecular complexity index is 638. The molecule has 0 atom stereocenters. The number of halogens is 1. The zero-order chi connectivity index (χ0) is 15.4. The van der Waals surface area contributed by atoms with Crippen molar-refractivity contribution in [2.45, 2.75) is 6.54 Å². The first-order valence-corrected chi connectivity index (χ1v) is 6.64. The first-order chi connectivity index (χ1) is 10.0. The van der Waals surface area contributed by atoms with Gasteiger partial charge < -0.3 is 18.8 Å². The number of hydrogen-bond donors (Lipinski definition) is 0. The summed E-state index contributed by atoms with van der Waals surface area (Å²) in [5.74, 6) is 1.24. The van der Waals surface area contributed by atoms with E-state index < -0.39 is 0 Å². The van der Waals surface area contributed by atoms with Gasteiger partial charge in [-0.05, 0) is 41.4 Å². The number of carbonyl (C=O) groups excluding carboxylic acids is 1. The van der Waals surface area contributed by atoms with Gasteiger partial charge in [0, 0.05) is 13.6 Å². The molecule has 21 heavy (non-hydrogen) atoms. The Hall–Kier alpha value is -2.14. The van der Waals surface area contributed by atoms with Gasteiger partial charge >= 0.3 is 0 Å². The molecule has 0 aliphatic rings. The maximum absolute atomic E-state index is 12.2. The summed E-state index contributed by atoms with van der Waals surface area (Å²) in [5.41, 5.74) is 0.918. The van der Waals surface area contributed by atoms with Gasteiger partial charge in [-0.3, -0.25) is 4.79 Å². The number of nitrogens with zero attached hydrogens (tertiary/aromatic N) is 1. The van der Waals surface area contributed by atoms with Gasteiger partial charge in [0.2, 0.25) is 0 Å². The molecular weight excluding hydrogens is 294 g/mol. The van der Waals surface area contributed by atoms with E-state index in [4.69, 9.17) is 25.5 Å². The molecule has 5 nitrogen and oxygen atoms in total. The molecule has 0 spiro atoms. The third-order valence-electron chi connectivity index (χ3n) is 3.00. The number of benzene rings is 1. The molecule has 2 aromatic rings. The second kappa shape index (κ2) is 6.54. The normalized spacial score (nSPS) is 10.3. The number of hydrogen-bond acceptors (Lipinski definition) is 4. The van der Waals surface area contributed by atoms with Crippen LogP contribution in [0.3, 0.4) is 0 Å². The molecule has 0 aliphatic heterocycles. The van der Waals surface area contributed by atoms with E-state index in [-0.39, 0.29) is 16.9 Å². The van der Waals surface area contributed by atoms with Crippen molar-refractivity contribution in [1.29, 1.82) is 0 Å². The Morgan fingerprint density at radius 3 is 2.48 bits per heavy atom. The lowest BCUT2D eigenvalue weighted by molar-refractivity contribution is 0.0753. The standard InChI is InChI=1S/C15H16ClNO4/c1-17(15(18)12-6-7-14(16)21-12)9-10-4-5-11(19-2)13(8-10)20-3/h4-8H,9H2,1-3H3. The number of methoxy groups -OCH3 is 2. The van der Waals surface area contributed by atoms with Gasteiger partial charge in [-0.25, -0.2) is 0 Å². The Morgan fingerprint density at radius 1 is 1.19 bits per heavy atom. The van der Waals surface area contributed by atoms with Crippen molar-refractivity contribution in [3.05, 3.63) is 46.9 Å². The minimum Gasteiger partial charge on any atom is -0.493 e. The number of amides is 1. The van der Waals surface area contributed by atoms with Gasteiger partial charge in [-0.2, -0.15) is 0 Å². The van der Waals surface area contributed by atoms with E-state index in [1.165, 1.54) is 4.90 Å². The molecular formula is C15H16ClNO4. The summed E-state index contributed by atoms with van der Waals surface area (Å²) in [6.07, 6.45) is 0. The average Bonchev–Trinajstić information content (AvgIpc) is 2.92. The van der Waals surface area contributed by atoms with Crippen LogP contribution in [0.25, 0.3) is 0 Å². The van der Waals surface area contributed by atoms with Crippen LogP contribution in [-0.2, 0) is 6.54 Å². The average molecular weight is 310 g/mol. The zero-order valence-corrected chi connectivity index (χ0v) is 12.8. The van der Waals surface area contributed by atoms with Crippen molar-refractivity contribution in [1.82, 2.24) is 4.90 Å². The molecule has 0 unspecified atom stereocenters. The lowest BCUT2D eigenvalue weighted by Crippen LogP contribution is -2.25. The lowest BCUT2D eigenvalue weighted by Gasteiger charge is -2.17. The summed E-state index contributed by atoms with van der Waals surface area (Å²) < 4.78 is 15.5. The van der Waals surface area contributed by atoms with Crippen LogP contribution in [0.1, 0.15) is 16.1 Å². The van der Waals surface area contributed by atoms with Crippen molar-refractivity contribution >= 4 is 17.5 Å². The molecule has 1 aromatic carbocycles. The van der Waals surface area contributed by atoms with Crippen LogP contribution >= 0.6 is 11.6 Å². The maximum atomic E-state index is 12.2. The Kier molecular flexibility index (Phi) is 4.75. The summed E-state index contributed by atoms with van der Waals surface area (Å²) >= 11 is 5.67. The molecule has 0 saturated carbocycles. The number of furan rings is 1. The zero-order valence-electron chi connectivity index (χ0n) is 12.1. The van der Waals surface area contributed by atoms with Crippen molar-refractivity contribution in [2.75, 3.05) is 21.3 Å². The monoisotopic (exact) mass is 309 g/mol. The molecule has 2 rings (SSSR count). The maximum Gasteiger partial charge on any atom is 0.289 e. The predicted molar refractivity (Wildman–Crippen MR) is 79.1 cm³/mol. The second-order valence-corrected chi connectivity index (χ2v) is 4.83. The van der Waals surface area contributed by atoms with E-state index in [0.717, 1.165) is 5.56 Å². The molecule has 1 amide bonds. The molecule has 0 aliphatic carbocycles. The molecule has 1 heterocycles.